The summed E-state index contributed by atoms with van der Waals surface area (Å²) in [5.74, 6) is 0.335. The second-order valence-electron chi connectivity index (χ2n) is 6.08. The summed E-state index contributed by atoms with van der Waals surface area (Å²) in [6.45, 7) is 5.02. The van der Waals surface area contributed by atoms with Gasteiger partial charge in [-0.25, -0.2) is 0 Å². The summed E-state index contributed by atoms with van der Waals surface area (Å²) in [6, 6.07) is 7.58. The van der Waals surface area contributed by atoms with Crippen LogP contribution in [0.1, 0.15) is 51.0 Å². The third-order valence-electron chi connectivity index (χ3n) is 4.64. The van der Waals surface area contributed by atoms with Gasteiger partial charge in [0.2, 0.25) is 0 Å². The summed E-state index contributed by atoms with van der Waals surface area (Å²) in [4.78, 5) is 2.58. The molecular formula is C17H28N2O. The minimum atomic E-state index is 0.187. The second-order valence-corrected chi connectivity index (χ2v) is 6.08. The van der Waals surface area contributed by atoms with Crippen LogP contribution >= 0.6 is 0 Å². The molecule has 0 atom stereocenters. The van der Waals surface area contributed by atoms with Gasteiger partial charge in [0.1, 0.15) is 5.75 Å². The number of phenolic OH excluding ortho intramolecular Hbond substituents is 1. The SMILES string of the molecule is CCCN(Cc1ccc(O)cc1)C1(CN)CCCCC1. The first-order valence-electron chi connectivity index (χ1n) is 7.93. The van der Waals surface area contributed by atoms with Crippen molar-refractivity contribution in [1.29, 1.82) is 0 Å². The Morgan fingerprint density at radius 1 is 1.15 bits per heavy atom. The lowest BCUT2D eigenvalue weighted by Gasteiger charge is -2.46. The van der Waals surface area contributed by atoms with Crippen LogP contribution < -0.4 is 5.73 Å². The maximum Gasteiger partial charge on any atom is 0.115 e. The highest BCUT2D eigenvalue weighted by molar-refractivity contribution is 5.26. The summed E-state index contributed by atoms with van der Waals surface area (Å²) in [7, 11) is 0. The average Bonchev–Trinajstić information content (AvgIpc) is 2.49. The third-order valence-corrected chi connectivity index (χ3v) is 4.64. The van der Waals surface area contributed by atoms with E-state index in [4.69, 9.17) is 5.73 Å². The predicted molar refractivity (Wildman–Crippen MR) is 83.7 cm³/mol. The lowest BCUT2D eigenvalue weighted by atomic mass is 9.80. The van der Waals surface area contributed by atoms with E-state index in [0.29, 0.717) is 5.75 Å². The van der Waals surface area contributed by atoms with E-state index in [9.17, 15) is 5.11 Å². The molecule has 1 aliphatic rings. The van der Waals surface area contributed by atoms with Crippen LogP contribution in [0.3, 0.4) is 0 Å². The maximum absolute atomic E-state index is 9.41. The molecular weight excluding hydrogens is 248 g/mol. The minimum absolute atomic E-state index is 0.187. The van der Waals surface area contributed by atoms with Gasteiger partial charge in [-0.1, -0.05) is 38.3 Å². The van der Waals surface area contributed by atoms with Crippen molar-refractivity contribution in [3.8, 4) is 5.75 Å². The van der Waals surface area contributed by atoms with E-state index in [2.05, 4.69) is 11.8 Å². The molecule has 1 aromatic rings. The minimum Gasteiger partial charge on any atom is -0.508 e. The molecule has 3 nitrogen and oxygen atoms in total. The number of nitrogens with zero attached hydrogens (tertiary/aromatic N) is 1. The van der Waals surface area contributed by atoms with E-state index >= 15 is 0 Å². The van der Waals surface area contributed by atoms with E-state index < -0.39 is 0 Å². The molecule has 1 aromatic carbocycles. The monoisotopic (exact) mass is 276 g/mol. The fraction of sp³-hybridized carbons (Fsp3) is 0.647. The largest absolute Gasteiger partial charge is 0.508 e. The van der Waals surface area contributed by atoms with Crippen LogP contribution in [0.25, 0.3) is 0 Å². The van der Waals surface area contributed by atoms with Crippen LogP contribution in [0.15, 0.2) is 24.3 Å². The number of phenols is 1. The van der Waals surface area contributed by atoms with Crippen molar-refractivity contribution in [3.63, 3.8) is 0 Å². The Hall–Kier alpha value is -1.06. The van der Waals surface area contributed by atoms with Crippen molar-refractivity contribution in [2.24, 2.45) is 5.73 Å². The second kappa shape index (κ2) is 7.09. The molecule has 0 aliphatic heterocycles. The Balaban J connectivity index is 2.14. The molecule has 0 aromatic heterocycles. The predicted octanol–water partition coefficient (Wildman–Crippen LogP) is 3.27. The molecule has 0 unspecified atom stereocenters. The van der Waals surface area contributed by atoms with Crippen molar-refractivity contribution >= 4 is 0 Å². The van der Waals surface area contributed by atoms with Gasteiger partial charge in [0.05, 0.1) is 0 Å². The molecule has 112 valence electrons. The third kappa shape index (κ3) is 3.53. The molecule has 3 N–H and O–H groups in total. The van der Waals surface area contributed by atoms with Crippen LogP contribution in [0, 0.1) is 0 Å². The van der Waals surface area contributed by atoms with Gasteiger partial charge in [-0.3, -0.25) is 4.90 Å². The lowest BCUT2D eigenvalue weighted by molar-refractivity contribution is 0.0495. The van der Waals surface area contributed by atoms with Crippen molar-refractivity contribution in [2.75, 3.05) is 13.1 Å². The van der Waals surface area contributed by atoms with E-state index in [0.717, 1.165) is 26.1 Å². The van der Waals surface area contributed by atoms with Crippen molar-refractivity contribution in [3.05, 3.63) is 29.8 Å². The van der Waals surface area contributed by atoms with Crippen molar-refractivity contribution < 1.29 is 5.11 Å². The van der Waals surface area contributed by atoms with Crippen molar-refractivity contribution in [2.45, 2.75) is 57.5 Å². The number of aromatic hydroxyl groups is 1. The van der Waals surface area contributed by atoms with Gasteiger partial charge in [0.25, 0.3) is 0 Å². The fourth-order valence-corrected chi connectivity index (χ4v) is 3.43. The number of hydrogen-bond donors (Lipinski definition) is 2. The summed E-state index contributed by atoms with van der Waals surface area (Å²) < 4.78 is 0. The highest BCUT2D eigenvalue weighted by Gasteiger charge is 2.36. The van der Waals surface area contributed by atoms with E-state index in [1.807, 2.05) is 12.1 Å². The van der Waals surface area contributed by atoms with Crippen molar-refractivity contribution in [1.82, 2.24) is 4.90 Å². The molecule has 0 heterocycles. The normalized spacial score (nSPS) is 18.4. The average molecular weight is 276 g/mol. The highest BCUT2D eigenvalue weighted by Crippen LogP contribution is 2.34. The van der Waals surface area contributed by atoms with Crippen LogP contribution in [-0.2, 0) is 6.54 Å². The topological polar surface area (TPSA) is 49.5 Å². The van der Waals surface area contributed by atoms with Crippen LogP contribution in [0.5, 0.6) is 5.75 Å². The Labute approximate surface area is 122 Å². The molecule has 20 heavy (non-hydrogen) atoms. The van der Waals surface area contributed by atoms with Crippen LogP contribution in [0.2, 0.25) is 0 Å². The zero-order valence-corrected chi connectivity index (χ0v) is 12.6. The Morgan fingerprint density at radius 3 is 2.35 bits per heavy atom. The van der Waals surface area contributed by atoms with Gasteiger partial charge in [-0.05, 0) is 43.5 Å². The first-order valence-corrected chi connectivity index (χ1v) is 7.93. The maximum atomic E-state index is 9.41. The summed E-state index contributed by atoms with van der Waals surface area (Å²) >= 11 is 0. The first-order chi connectivity index (χ1) is 9.70. The van der Waals surface area contributed by atoms with Gasteiger partial charge in [0.15, 0.2) is 0 Å². The van der Waals surface area contributed by atoms with E-state index in [-0.39, 0.29) is 5.54 Å². The smallest absolute Gasteiger partial charge is 0.115 e. The number of nitrogens with two attached hydrogens (primary N) is 1. The van der Waals surface area contributed by atoms with E-state index in [1.165, 1.54) is 37.7 Å². The molecule has 0 amide bonds. The van der Waals surface area contributed by atoms with E-state index in [1.54, 1.807) is 12.1 Å². The summed E-state index contributed by atoms with van der Waals surface area (Å²) in [6.07, 6.45) is 7.55. The van der Waals surface area contributed by atoms with Gasteiger partial charge < -0.3 is 10.8 Å². The first kappa shape index (κ1) is 15.3. The van der Waals surface area contributed by atoms with Crippen LogP contribution in [0.4, 0.5) is 0 Å². The molecule has 1 fully saturated rings. The molecule has 1 saturated carbocycles. The fourth-order valence-electron chi connectivity index (χ4n) is 3.43. The lowest BCUT2D eigenvalue weighted by Crippen LogP contribution is -2.54. The molecule has 3 heteroatoms. The van der Waals surface area contributed by atoms with Gasteiger partial charge >= 0.3 is 0 Å². The summed E-state index contributed by atoms with van der Waals surface area (Å²) in [5.41, 5.74) is 7.61. The molecule has 1 aliphatic carbocycles. The van der Waals surface area contributed by atoms with Gasteiger partial charge in [-0.2, -0.15) is 0 Å². The van der Waals surface area contributed by atoms with Gasteiger partial charge in [-0.15, -0.1) is 0 Å². The molecule has 2 rings (SSSR count). The Kier molecular flexibility index (Phi) is 5.44. The number of hydrogen-bond acceptors (Lipinski definition) is 3. The zero-order chi connectivity index (χ0) is 14.4. The highest BCUT2D eigenvalue weighted by atomic mass is 16.3. The Morgan fingerprint density at radius 2 is 1.80 bits per heavy atom. The molecule has 0 saturated heterocycles. The van der Waals surface area contributed by atoms with Gasteiger partial charge in [0, 0.05) is 18.6 Å². The zero-order valence-electron chi connectivity index (χ0n) is 12.6. The standard InChI is InChI=1S/C17H28N2O/c1-2-12-19(13-15-6-8-16(20)9-7-15)17(14-18)10-4-3-5-11-17/h6-9,20H,2-5,10-14,18H2,1H3. The Bertz CT molecular complexity index is 396. The molecule has 0 bridgehead atoms. The number of benzene rings is 1. The quantitative estimate of drug-likeness (QED) is 0.838. The molecule has 0 spiro atoms. The van der Waals surface area contributed by atoms with Crippen LogP contribution in [-0.4, -0.2) is 28.6 Å². The molecule has 0 radical (unpaired) electrons. The summed E-state index contributed by atoms with van der Waals surface area (Å²) in [5, 5.41) is 9.41. The number of rotatable bonds is 6.